The van der Waals surface area contributed by atoms with Gasteiger partial charge in [0, 0.05) is 0 Å². The minimum Gasteiger partial charge on any atom is -0.258 e. The third-order valence-electron chi connectivity index (χ3n) is 1.07. The minimum atomic E-state index is -4.38. The molecule has 0 amide bonds. The Morgan fingerprint density at radius 3 is 1.42 bits per heavy atom. The number of hydrogen-bond donors (Lipinski definition) is 0. The number of rotatable bonds is 4. The summed E-state index contributed by atoms with van der Waals surface area (Å²) in [5, 5.41) is 0. The smallest absolute Gasteiger partial charge is 0.258 e. The summed E-state index contributed by atoms with van der Waals surface area (Å²) < 4.78 is 34.8. The molecule has 0 aliphatic heterocycles. The molecule has 0 saturated carbocycles. The van der Waals surface area contributed by atoms with Crippen molar-refractivity contribution in [3.63, 3.8) is 0 Å². The monoisotopic (exact) mass is 200 g/mol. The fourth-order valence-corrected chi connectivity index (χ4v) is 1.23. The lowest BCUT2D eigenvalue weighted by Crippen LogP contribution is -2.65. The van der Waals surface area contributed by atoms with E-state index in [0.717, 1.165) is 0 Å². The first-order valence-electron chi connectivity index (χ1n) is 3.16. The average molecular weight is 201 g/mol. The summed E-state index contributed by atoms with van der Waals surface area (Å²) in [6.45, 7) is 0. The van der Waals surface area contributed by atoms with Gasteiger partial charge in [-0.2, -0.15) is 14.0 Å². The second-order valence-electron chi connectivity index (χ2n) is 2.72. The normalized spacial score (nSPS) is 13.5. The Kier molecular flexibility index (Phi) is 4.35. The molecule has 0 aromatic heterocycles. The molecule has 0 unspecified atom stereocenters. The molecule has 0 aliphatic rings. The van der Waals surface area contributed by atoms with E-state index in [1.807, 2.05) is 0 Å². The molecule has 0 atom stereocenters. The van der Waals surface area contributed by atoms with E-state index in [2.05, 4.69) is 4.29 Å². The van der Waals surface area contributed by atoms with Crippen molar-refractivity contribution in [2.24, 2.45) is 0 Å². The Hall–Kier alpha value is 0.0500. The zero-order valence-corrected chi connectivity index (χ0v) is 8.24. The molecule has 0 aromatic rings. The van der Waals surface area contributed by atoms with E-state index in [4.69, 9.17) is 0 Å². The SMILES string of the molecule is CN(C)C(O[Cl+3]([O-])([O-])[O-])N(C)C. The average Bonchev–Trinajstić information content (AvgIpc) is 1.79. The summed E-state index contributed by atoms with van der Waals surface area (Å²) >= 11 is 0. The second-order valence-corrected chi connectivity index (χ2v) is 3.65. The predicted molar refractivity (Wildman–Crippen MR) is 32.2 cm³/mol. The lowest BCUT2D eigenvalue weighted by atomic mass is 10.7. The number of nitrogens with zero attached hydrogens (tertiary/aromatic N) is 2. The Labute approximate surface area is 73.7 Å². The quantitative estimate of drug-likeness (QED) is 0.435. The van der Waals surface area contributed by atoms with Crippen LogP contribution in [0.3, 0.4) is 0 Å². The molecule has 6 nitrogen and oxygen atoms in total. The summed E-state index contributed by atoms with van der Waals surface area (Å²) in [7, 11) is 2.03. The van der Waals surface area contributed by atoms with Crippen LogP contribution >= 0.6 is 0 Å². The van der Waals surface area contributed by atoms with Crippen molar-refractivity contribution in [3.05, 3.63) is 0 Å². The van der Waals surface area contributed by atoms with Gasteiger partial charge in [0.05, 0.1) is 10.2 Å². The molecule has 0 spiro atoms. The Morgan fingerprint density at radius 1 is 1.00 bits per heavy atom. The Morgan fingerprint density at radius 2 is 1.33 bits per heavy atom. The summed E-state index contributed by atoms with van der Waals surface area (Å²) in [6, 6.07) is 0. The summed E-state index contributed by atoms with van der Waals surface area (Å²) in [4.78, 5) is 2.92. The van der Waals surface area contributed by atoms with Gasteiger partial charge in [-0.15, -0.1) is 0 Å². The van der Waals surface area contributed by atoms with Crippen molar-refractivity contribution in [3.8, 4) is 0 Å². The van der Waals surface area contributed by atoms with Gasteiger partial charge < -0.3 is 0 Å². The molecule has 7 heteroatoms. The molecule has 12 heavy (non-hydrogen) atoms. The topological polar surface area (TPSA) is 84.9 Å². The van der Waals surface area contributed by atoms with E-state index in [1.54, 1.807) is 28.2 Å². The van der Waals surface area contributed by atoms with Crippen LogP contribution in [0.4, 0.5) is 0 Å². The van der Waals surface area contributed by atoms with Crippen LogP contribution in [0, 0.1) is 10.2 Å². The maximum atomic E-state index is 10.2. The van der Waals surface area contributed by atoms with Crippen molar-refractivity contribution in [2.45, 2.75) is 6.35 Å². The lowest BCUT2D eigenvalue weighted by molar-refractivity contribution is -1.92. The highest BCUT2D eigenvalue weighted by Gasteiger charge is 2.32. The van der Waals surface area contributed by atoms with E-state index in [0.29, 0.717) is 0 Å². The Bertz CT molecular complexity index is 128. The van der Waals surface area contributed by atoms with E-state index in [-0.39, 0.29) is 0 Å². The van der Waals surface area contributed by atoms with Crippen LogP contribution in [0.1, 0.15) is 0 Å². The molecule has 0 aliphatic carbocycles. The molecule has 0 heterocycles. The fraction of sp³-hybridized carbons (Fsp3) is 1.00. The molecule has 0 aromatic carbocycles. The first-order valence-corrected chi connectivity index (χ1v) is 4.39. The maximum absolute atomic E-state index is 10.2. The third kappa shape index (κ3) is 4.83. The maximum Gasteiger partial charge on any atom is 0.325 e. The van der Waals surface area contributed by atoms with Gasteiger partial charge in [0.2, 0.25) is 0 Å². The van der Waals surface area contributed by atoms with Gasteiger partial charge in [-0.05, 0) is 28.2 Å². The van der Waals surface area contributed by atoms with Crippen LogP contribution in [-0.2, 0) is 4.29 Å². The zero-order valence-electron chi connectivity index (χ0n) is 7.48. The molecule has 0 radical (unpaired) electrons. The number of hydrogen-bond acceptors (Lipinski definition) is 6. The molecule has 0 bridgehead atoms. The van der Waals surface area contributed by atoms with E-state index in [9.17, 15) is 14.0 Å². The van der Waals surface area contributed by atoms with Gasteiger partial charge in [0.15, 0.2) is 0 Å². The first-order chi connectivity index (χ1) is 5.24. The molecule has 74 valence electrons. The van der Waals surface area contributed by atoms with E-state index < -0.39 is 16.6 Å². The molecule has 0 fully saturated rings. The standard InChI is InChI=1S/C5H13ClN2O4/c1-7(2)5(8(3)4)12-6(9,10)11/h5H,1-4H3. The van der Waals surface area contributed by atoms with E-state index in [1.165, 1.54) is 9.80 Å². The van der Waals surface area contributed by atoms with Gasteiger partial charge in [0.25, 0.3) is 0 Å². The van der Waals surface area contributed by atoms with Crippen molar-refractivity contribution >= 4 is 0 Å². The van der Waals surface area contributed by atoms with Gasteiger partial charge in [-0.1, -0.05) is 0 Å². The molecular weight excluding hydrogens is 188 g/mol. The van der Waals surface area contributed by atoms with Crippen molar-refractivity contribution in [1.29, 1.82) is 0 Å². The van der Waals surface area contributed by atoms with Crippen molar-refractivity contribution < 1.29 is 28.5 Å². The molecule has 0 saturated heterocycles. The highest BCUT2D eigenvalue weighted by atomic mass is 35.7. The van der Waals surface area contributed by atoms with Gasteiger partial charge in [-0.3, -0.25) is 9.80 Å². The first kappa shape index (κ1) is 12.0. The largest absolute Gasteiger partial charge is 0.325 e. The molecule has 0 N–H and O–H groups in total. The van der Waals surface area contributed by atoms with Crippen LogP contribution in [0.5, 0.6) is 0 Å². The van der Waals surface area contributed by atoms with E-state index >= 15 is 0 Å². The third-order valence-corrected chi connectivity index (χ3v) is 1.45. The summed E-state index contributed by atoms with van der Waals surface area (Å²) in [5.41, 5.74) is 0. The van der Waals surface area contributed by atoms with Crippen LogP contribution in [0.25, 0.3) is 0 Å². The highest BCUT2D eigenvalue weighted by Crippen LogP contribution is 2.03. The molecular formula is C5H13ClN2O4. The highest BCUT2D eigenvalue weighted by molar-refractivity contribution is 4.45. The number of halogens is 1. The van der Waals surface area contributed by atoms with Crippen molar-refractivity contribution in [1.82, 2.24) is 9.80 Å². The lowest BCUT2D eigenvalue weighted by Gasteiger charge is -2.26. The van der Waals surface area contributed by atoms with Crippen LogP contribution < -0.4 is 14.0 Å². The second kappa shape index (κ2) is 4.33. The van der Waals surface area contributed by atoms with Crippen LogP contribution in [-0.4, -0.2) is 44.3 Å². The fourth-order valence-electron chi connectivity index (χ4n) is 0.719. The van der Waals surface area contributed by atoms with Gasteiger partial charge in [0.1, 0.15) is 4.29 Å². The minimum absolute atomic E-state index is 0.867. The summed E-state index contributed by atoms with van der Waals surface area (Å²) in [5.74, 6) is 0. The van der Waals surface area contributed by atoms with Crippen molar-refractivity contribution in [2.75, 3.05) is 28.2 Å². The van der Waals surface area contributed by atoms with Crippen LogP contribution in [0.2, 0.25) is 0 Å². The van der Waals surface area contributed by atoms with Gasteiger partial charge in [-0.25, -0.2) is 0 Å². The summed E-state index contributed by atoms with van der Waals surface area (Å²) in [6.07, 6.45) is -0.867. The Balaban J connectivity index is 4.15. The predicted octanol–water partition coefficient (Wildman–Crippen LogP) is -3.69. The zero-order chi connectivity index (χ0) is 9.94. The van der Waals surface area contributed by atoms with Gasteiger partial charge >= 0.3 is 6.35 Å². The van der Waals surface area contributed by atoms with Crippen LogP contribution in [0.15, 0.2) is 0 Å². The molecule has 0 rings (SSSR count).